The van der Waals surface area contributed by atoms with E-state index in [0.29, 0.717) is 28.0 Å². The fourth-order valence-corrected chi connectivity index (χ4v) is 4.27. The first-order valence-corrected chi connectivity index (χ1v) is 11.5. The Hall–Kier alpha value is -2.94. The third-order valence-electron chi connectivity index (χ3n) is 5.72. The number of hydrogen-bond acceptors (Lipinski definition) is 6. The second-order valence-corrected chi connectivity index (χ2v) is 9.04. The second-order valence-electron chi connectivity index (χ2n) is 8.63. The van der Waals surface area contributed by atoms with E-state index in [0.717, 1.165) is 38.5 Å². The highest BCUT2D eigenvalue weighted by Gasteiger charge is 2.38. The number of carbonyl (C=O) groups is 3. The van der Waals surface area contributed by atoms with Crippen LogP contribution >= 0.6 is 11.6 Å². The van der Waals surface area contributed by atoms with Crippen molar-refractivity contribution in [1.29, 1.82) is 0 Å². The maximum Gasteiger partial charge on any atom is 0.254 e. The molecule has 1 aromatic carbocycles. The van der Waals surface area contributed by atoms with Crippen LogP contribution in [0.2, 0.25) is 5.02 Å². The summed E-state index contributed by atoms with van der Waals surface area (Å²) >= 11 is 6.12. The third kappa shape index (κ3) is 6.31. The van der Waals surface area contributed by atoms with Gasteiger partial charge in [-0.15, -0.1) is 0 Å². The molecular formula is C23H30ClN5O4. The Balaban J connectivity index is 1.64. The molecule has 1 heterocycles. The lowest BCUT2D eigenvalue weighted by atomic mass is 9.89. The number of aromatic nitrogens is 2. The number of rotatable bonds is 7. The molecule has 33 heavy (non-hydrogen) atoms. The highest BCUT2D eigenvalue weighted by Crippen LogP contribution is 2.34. The fourth-order valence-electron chi connectivity index (χ4n) is 4.08. The van der Waals surface area contributed by atoms with Gasteiger partial charge in [-0.3, -0.25) is 14.4 Å². The molecule has 2 N–H and O–H groups in total. The Morgan fingerprint density at radius 3 is 2.48 bits per heavy atom. The molecule has 2 aromatic rings. The van der Waals surface area contributed by atoms with Gasteiger partial charge in [0.15, 0.2) is 5.82 Å². The maximum atomic E-state index is 12.5. The molecule has 0 aliphatic heterocycles. The van der Waals surface area contributed by atoms with Crippen molar-refractivity contribution in [3.8, 4) is 0 Å². The molecule has 0 radical (unpaired) electrons. The molecule has 0 spiro atoms. The Morgan fingerprint density at radius 2 is 1.85 bits per heavy atom. The largest absolute Gasteiger partial charge is 0.345 e. The molecule has 1 aliphatic rings. The highest BCUT2D eigenvalue weighted by atomic mass is 35.5. The van der Waals surface area contributed by atoms with Crippen molar-refractivity contribution in [3.63, 3.8) is 0 Å². The zero-order valence-corrected chi connectivity index (χ0v) is 20.0. The summed E-state index contributed by atoms with van der Waals surface area (Å²) in [7, 11) is 3.27. The van der Waals surface area contributed by atoms with Crippen molar-refractivity contribution >= 4 is 35.0 Å². The van der Waals surface area contributed by atoms with Crippen LogP contribution in [0.1, 0.15) is 73.9 Å². The molecule has 1 aliphatic carbocycles. The van der Waals surface area contributed by atoms with Gasteiger partial charge in [-0.25, -0.2) is 0 Å². The van der Waals surface area contributed by atoms with Crippen LogP contribution in [0.4, 0.5) is 5.69 Å². The van der Waals surface area contributed by atoms with Gasteiger partial charge in [0.2, 0.25) is 17.7 Å². The van der Waals surface area contributed by atoms with Crippen molar-refractivity contribution in [2.45, 2.75) is 63.8 Å². The van der Waals surface area contributed by atoms with Crippen LogP contribution in [0.3, 0.4) is 0 Å². The average Bonchev–Trinajstić information content (AvgIpc) is 3.13. The van der Waals surface area contributed by atoms with Gasteiger partial charge in [-0.1, -0.05) is 42.4 Å². The van der Waals surface area contributed by atoms with Gasteiger partial charge < -0.3 is 20.1 Å². The summed E-state index contributed by atoms with van der Waals surface area (Å²) in [6, 6.07) is 4.77. The van der Waals surface area contributed by atoms with Crippen molar-refractivity contribution in [2.75, 3.05) is 19.4 Å². The molecule has 0 atom stereocenters. The van der Waals surface area contributed by atoms with E-state index in [2.05, 4.69) is 20.8 Å². The van der Waals surface area contributed by atoms with E-state index < -0.39 is 5.54 Å². The number of aryl methyl sites for hydroxylation is 1. The summed E-state index contributed by atoms with van der Waals surface area (Å²) in [4.78, 5) is 42.5. The monoisotopic (exact) mass is 475 g/mol. The van der Waals surface area contributed by atoms with E-state index in [9.17, 15) is 14.4 Å². The SMILES string of the molecule is CC(=O)NC1(c2noc(CCC(=O)Nc3ccc(Cl)c(C(=O)N(C)C)c3)n2)CCCCCC1. The summed E-state index contributed by atoms with van der Waals surface area (Å²) in [6.45, 7) is 1.49. The normalized spacial score (nSPS) is 15.4. The second kappa shape index (κ2) is 10.8. The first kappa shape index (κ1) is 24.7. The van der Waals surface area contributed by atoms with Gasteiger partial charge in [0.25, 0.3) is 5.91 Å². The van der Waals surface area contributed by atoms with Crippen LogP contribution in [0.15, 0.2) is 22.7 Å². The van der Waals surface area contributed by atoms with Crippen LogP contribution in [0.5, 0.6) is 0 Å². The number of amides is 3. The van der Waals surface area contributed by atoms with Crippen LogP contribution in [0.25, 0.3) is 0 Å². The van der Waals surface area contributed by atoms with E-state index in [1.165, 1.54) is 11.8 Å². The Kier molecular flexibility index (Phi) is 8.07. The number of benzene rings is 1. The van der Waals surface area contributed by atoms with Gasteiger partial charge in [-0.2, -0.15) is 4.98 Å². The molecule has 10 heteroatoms. The Bertz CT molecular complexity index is 1010. The topological polar surface area (TPSA) is 117 Å². The molecule has 0 bridgehead atoms. The van der Waals surface area contributed by atoms with Crippen molar-refractivity contribution in [3.05, 3.63) is 40.5 Å². The zero-order chi connectivity index (χ0) is 24.0. The summed E-state index contributed by atoms with van der Waals surface area (Å²) in [5.74, 6) is 0.179. The van der Waals surface area contributed by atoms with E-state index in [-0.39, 0.29) is 30.6 Å². The van der Waals surface area contributed by atoms with Crippen LogP contribution < -0.4 is 10.6 Å². The smallest absolute Gasteiger partial charge is 0.254 e. The van der Waals surface area contributed by atoms with E-state index >= 15 is 0 Å². The first-order chi connectivity index (χ1) is 15.7. The minimum absolute atomic E-state index is 0.119. The molecular weight excluding hydrogens is 446 g/mol. The van der Waals surface area contributed by atoms with Gasteiger partial charge in [0, 0.05) is 39.5 Å². The predicted octanol–water partition coefficient (Wildman–Crippen LogP) is 3.68. The van der Waals surface area contributed by atoms with Gasteiger partial charge >= 0.3 is 0 Å². The van der Waals surface area contributed by atoms with Gasteiger partial charge in [0.05, 0.1) is 10.6 Å². The molecule has 1 fully saturated rings. The molecule has 3 rings (SSSR count). The standard InChI is InChI=1S/C23H30ClN5O4/c1-15(30)27-23(12-6-4-5-7-13-23)22-26-20(33-28-22)11-10-19(31)25-16-8-9-18(24)17(14-16)21(32)29(2)3/h8-9,14H,4-7,10-13H2,1-3H3,(H,25,31)(H,27,30). The quantitative estimate of drug-likeness (QED) is 0.590. The van der Waals surface area contributed by atoms with E-state index in [4.69, 9.17) is 16.1 Å². The number of hydrogen-bond donors (Lipinski definition) is 2. The van der Waals surface area contributed by atoms with Crippen molar-refractivity contribution in [2.24, 2.45) is 0 Å². The van der Waals surface area contributed by atoms with Crippen molar-refractivity contribution < 1.29 is 18.9 Å². The Labute approximate surface area is 198 Å². The summed E-state index contributed by atoms with van der Waals surface area (Å²) < 4.78 is 5.40. The van der Waals surface area contributed by atoms with E-state index in [1.807, 2.05) is 0 Å². The molecule has 0 saturated heterocycles. The summed E-state index contributed by atoms with van der Waals surface area (Å²) in [5.41, 5.74) is 0.168. The lowest BCUT2D eigenvalue weighted by Gasteiger charge is -2.30. The molecule has 0 unspecified atom stereocenters. The average molecular weight is 476 g/mol. The minimum atomic E-state index is -0.620. The van der Waals surface area contributed by atoms with E-state index in [1.54, 1.807) is 32.3 Å². The zero-order valence-electron chi connectivity index (χ0n) is 19.2. The fraction of sp³-hybridized carbons (Fsp3) is 0.522. The predicted molar refractivity (Wildman–Crippen MR) is 124 cm³/mol. The molecule has 1 saturated carbocycles. The highest BCUT2D eigenvalue weighted by molar-refractivity contribution is 6.34. The number of halogens is 1. The van der Waals surface area contributed by atoms with Gasteiger partial charge in [-0.05, 0) is 31.0 Å². The molecule has 3 amide bonds. The number of nitrogens with one attached hydrogen (secondary N) is 2. The first-order valence-electron chi connectivity index (χ1n) is 11.1. The molecule has 1 aromatic heterocycles. The van der Waals surface area contributed by atoms with Crippen LogP contribution in [0, 0.1) is 0 Å². The number of anilines is 1. The number of carbonyl (C=O) groups excluding carboxylic acids is 3. The molecule has 178 valence electrons. The third-order valence-corrected chi connectivity index (χ3v) is 6.05. The van der Waals surface area contributed by atoms with Crippen LogP contribution in [-0.4, -0.2) is 46.9 Å². The van der Waals surface area contributed by atoms with Gasteiger partial charge in [0.1, 0.15) is 5.54 Å². The Morgan fingerprint density at radius 1 is 1.15 bits per heavy atom. The molecule has 9 nitrogen and oxygen atoms in total. The maximum absolute atomic E-state index is 12.5. The minimum Gasteiger partial charge on any atom is -0.345 e. The van der Waals surface area contributed by atoms with Crippen molar-refractivity contribution in [1.82, 2.24) is 20.4 Å². The lowest BCUT2D eigenvalue weighted by molar-refractivity contribution is -0.121. The summed E-state index contributed by atoms with van der Waals surface area (Å²) in [5, 5.41) is 10.3. The lowest BCUT2D eigenvalue weighted by Crippen LogP contribution is -2.45. The van der Waals surface area contributed by atoms with Crippen LogP contribution in [-0.2, 0) is 21.5 Å². The number of nitrogens with zero attached hydrogens (tertiary/aromatic N) is 3. The summed E-state index contributed by atoms with van der Waals surface area (Å²) in [6.07, 6.45) is 6.07.